The number of carbonyl (C=O) groups excluding carboxylic acids is 2. The van der Waals surface area contributed by atoms with Gasteiger partial charge in [-0.15, -0.1) is 0 Å². The Balaban J connectivity index is 2.11. The quantitative estimate of drug-likeness (QED) is 0.763. The molecule has 0 N–H and O–H groups in total. The maximum Gasteiger partial charge on any atom is 0.636 e. The van der Waals surface area contributed by atoms with Gasteiger partial charge in [0.05, 0.1) is 13.1 Å². The zero-order valence-electron chi connectivity index (χ0n) is 12.7. The molecule has 0 bridgehead atoms. The molecule has 0 aromatic heterocycles. The molecular formula is C15H20BNO4. The van der Waals surface area contributed by atoms with Crippen LogP contribution in [0.2, 0.25) is 0 Å². The van der Waals surface area contributed by atoms with Crippen LogP contribution in [-0.4, -0.2) is 44.1 Å². The average molecular weight is 289 g/mol. The summed E-state index contributed by atoms with van der Waals surface area (Å²) < 4.78 is 10.4. The van der Waals surface area contributed by atoms with Gasteiger partial charge in [-0.05, 0) is 24.9 Å². The van der Waals surface area contributed by atoms with Gasteiger partial charge in [-0.1, -0.05) is 38.1 Å². The summed E-state index contributed by atoms with van der Waals surface area (Å²) in [6.07, 6.45) is 0.981. The van der Waals surface area contributed by atoms with Crippen molar-refractivity contribution in [1.29, 1.82) is 0 Å². The molecule has 0 atom stereocenters. The van der Waals surface area contributed by atoms with Gasteiger partial charge in [-0.2, -0.15) is 0 Å². The second-order valence-corrected chi connectivity index (χ2v) is 5.82. The van der Waals surface area contributed by atoms with E-state index in [4.69, 9.17) is 9.31 Å². The standard InChI is InChI=1S/C15H20BNO4/c1-11(2)8-12-4-6-13(7-5-12)16-20-14(18)9-17(3)10-15(19)21-16/h4-7,11H,8-10H2,1-3H3. The Labute approximate surface area is 125 Å². The number of hydrogen-bond acceptors (Lipinski definition) is 5. The summed E-state index contributed by atoms with van der Waals surface area (Å²) in [6.45, 7) is 4.47. The predicted octanol–water partition coefficient (Wildman–Crippen LogP) is 0.612. The molecule has 1 aromatic rings. The van der Waals surface area contributed by atoms with Gasteiger partial charge in [-0.3, -0.25) is 14.5 Å². The zero-order valence-corrected chi connectivity index (χ0v) is 12.7. The molecule has 1 heterocycles. The largest absolute Gasteiger partial charge is 0.636 e. The SMILES string of the molecule is CC(C)Cc1ccc(B2OC(=O)CN(C)CC(=O)O2)cc1. The van der Waals surface area contributed by atoms with Gasteiger partial charge in [0.25, 0.3) is 0 Å². The topological polar surface area (TPSA) is 55.8 Å². The molecule has 1 saturated heterocycles. The van der Waals surface area contributed by atoms with E-state index < -0.39 is 19.1 Å². The van der Waals surface area contributed by atoms with Crippen LogP contribution in [0.4, 0.5) is 0 Å². The Morgan fingerprint density at radius 3 is 2.10 bits per heavy atom. The van der Waals surface area contributed by atoms with Crippen molar-refractivity contribution >= 4 is 24.5 Å². The molecule has 112 valence electrons. The molecule has 1 aliphatic rings. The van der Waals surface area contributed by atoms with Gasteiger partial charge in [0.15, 0.2) is 0 Å². The van der Waals surface area contributed by atoms with Crippen molar-refractivity contribution in [3.8, 4) is 0 Å². The van der Waals surface area contributed by atoms with Crippen LogP contribution in [0.3, 0.4) is 0 Å². The molecule has 5 nitrogen and oxygen atoms in total. The number of benzene rings is 1. The van der Waals surface area contributed by atoms with E-state index in [-0.39, 0.29) is 13.1 Å². The number of nitrogens with zero attached hydrogens (tertiary/aromatic N) is 1. The summed E-state index contributed by atoms with van der Waals surface area (Å²) >= 11 is 0. The first-order valence-corrected chi connectivity index (χ1v) is 7.10. The summed E-state index contributed by atoms with van der Waals surface area (Å²) in [5.74, 6) is -0.231. The molecule has 21 heavy (non-hydrogen) atoms. The van der Waals surface area contributed by atoms with Crippen LogP contribution in [0, 0.1) is 5.92 Å². The molecule has 0 aliphatic carbocycles. The Morgan fingerprint density at radius 1 is 1.10 bits per heavy atom. The van der Waals surface area contributed by atoms with Gasteiger partial charge in [0.2, 0.25) is 0 Å². The lowest BCUT2D eigenvalue weighted by Crippen LogP contribution is -2.47. The maximum absolute atomic E-state index is 11.7. The van der Waals surface area contributed by atoms with Gasteiger partial charge in [-0.25, -0.2) is 0 Å². The van der Waals surface area contributed by atoms with E-state index in [9.17, 15) is 9.59 Å². The lowest BCUT2D eigenvalue weighted by molar-refractivity contribution is -0.145. The third-order valence-corrected chi connectivity index (χ3v) is 3.17. The van der Waals surface area contributed by atoms with Gasteiger partial charge in [0.1, 0.15) is 0 Å². The molecule has 0 radical (unpaired) electrons. The number of carbonyl (C=O) groups is 2. The Hall–Kier alpha value is -1.82. The van der Waals surface area contributed by atoms with E-state index in [1.165, 1.54) is 5.56 Å². The highest BCUT2D eigenvalue weighted by atomic mass is 16.6. The van der Waals surface area contributed by atoms with Crippen molar-refractivity contribution in [2.75, 3.05) is 20.1 Å². The van der Waals surface area contributed by atoms with E-state index in [1.807, 2.05) is 24.3 Å². The summed E-state index contributed by atoms with van der Waals surface area (Å²) in [7, 11) is 0.718. The first kappa shape index (κ1) is 15.6. The first-order chi connectivity index (χ1) is 9.94. The van der Waals surface area contributed by atoms with Crippen molar-refractivity contribution in [2.24, 2.45) is 5.92 Å². The predicted molar refractivity (Wildman–Crippen MR) is 80.1 cm³/mol. The van der Waals surface area contributed by atoms with Crippen molar-refractivity contribution in [3.63, 3.8) is 0 Å². The Kier molecular flexibility index (Phi) is 5.01. The van der Waals surface area contributed by atoms with Gasteiger partial charge >= 0.3 is 19.1 Å². The molecule has 2 rings (SSSR count). The van der Waals surface area contributed by atoms with Crippen LogP contribution in [0.25, 0.3) is 0 Å². The van der Waals surface area contributed by atoms with E-state index in [0.717, 1.165) is 6.42 Å². The fourth-order valence-electron chi connectivity index (χ4n) is 2.25. The normalized spacial score (nSPS) is 17.2. The minimum atomic E-state index is -0.952. The number of likely N-dealkylation sites (N-methyl/N-ethyl adjacent to an activating group) is 1. The molecule has 0 amide bonds. The van der Waals surface area contributed by atoms with Crippen LogP contribution < -0.4 is 5.46 Å². The van der Waals surface area contributed by atoms with Crippen LogP contribution in [0.1, 0.15) is 19.4 Å². The number of hydrogen-bond donors (Lipinski definition) is 0. The van der Waals surface area contributed by atoms with Crippen LogP contribution >= 0.6 is 0 Å². The van der Waals surface area contributed by atoms with Crippen molar-refractivity contribution in [3.05, 3.63) is 29.8 Å². The monoisotopic (exact) mass is 289 g/mol. The maximum atomic E-state index is 11.7. The fraction of sp³-hybridized carbons (Fsp3) is 0.467. The summed E-state index contributed by atoms with van der Waals surface area (Å²) in [6, 6.07) is 7.63. The van der Waals surface area contributed by atoms with Gasteiger partial charge in [0, 0.05) is 5.46 Å². The van der Waals surface area contributed by atoms with Crippen LogP contribution in [0.5, 0.6) is 0 Å². The lowest BCUT2D eigenvalue weighted by Gasteiger charge is -2.22. The molecule has 1 aliphatic heterocycles. The molecule has 1 aromatic carbocycles. The molecule has 0 unspecified atom stereocenters. The first-order valence-electron chi connectivity index (χ1n) is 7.10. The summed E-state index contributed by atoms with van der Waals surface area (Å²) in [5.41, 5.74) is 1.88. The molecule has 0 spiro atoms. The highest BCUT2D eigenvalue weighted by molar-refractivity contribution is 6.64. The van der Waals surface area contributed by atoms with E-state index in [0.29, 0.717) is 11.4 Å². The third kappa shape index (κ3) is 4.60. The Bertz CT molecular complexity index is 495. The van der Waals surface area contributed by atoms with Gasteiger partial charge < -0.3 is 9.31 Å². The van der Waals surface area contributed by atoms with Crippen LogP contribution in [0.15, 0.2) is 24.3 Å². The number of rotatable bonds is 3. The van der Waals surface area contributed by atoms with Crippen LogP contribution in [-0.2, 0) is 25.3 Å². The second kappa shape index (κ2) is 6.76. The average Bonchev–Trinajstić information content (AvgIpc) is 2.36. The highest BCUT2D eigenvalue weighted by Crippen LogP contribution is 2.08. The molecule has 6 heteroatoms. The molecule has 0 saturated carbocycles. The lowest BCUT2D eigenvalue weighted by atomic mass is 9.78. The third-order valence-electron chi connectivity index (χ3n) is 3.17. The molecule has 1 fully saturated rings. The summed E-state index contributed by atoms with van der Waals surface area (Å²) in [5, 5.41) is 0. The van der Waals surface area contributed by atoms with E-state index in [2.05, 4.69) is 13.8 Å². The second-order valence-electron chi connectivity index (χ2n) is 5.82. The van der Waals surface area contributed by atoms with E-state index >= 15 is 0 Å². The molecular weight excluding hydrogens is 269 g/mol. The smallest absolute Gasteiger partial charge is 0.494 e. The Morgan fingerprint density at radius 2 is 1.62 bits per heavy atom. The fourth-order valence-corrected chi connectivity index (χ4v) is 2.25. The minimum Gasteiger partial charge on any atom is -0.494 e. The van der Waals surface area contributed by atoms with Crippen molar-refractivity contribution < 1.29 is 18.9 Å². The zero-order chi connectivity index (χ0) is 15.4. The minimum absolute atomic E-state index is 0.0804. The van der Waals surface area contributed by atoms with Crippen molar-refractivity contribution in [1.82, 2.24) is 4.90 Å². The van der Waals surface area contributed by atoms with Crippen molar-refractivity contribution in [2.45, 2.75) is 20.3 Å². The summed E-state index contributed by atoms with van der Waals surface area (Å²) in [4.78, 5) is 24.9. The highest BCUT2D eigenvalue weighted by Gasteiger charge is 2.33. The van der Waals surface area contributed by atoms with E-state index in [1.54, 1.807) is 11.9 Å².